The van der Waals surface area contributed by atoms with E-state index in [0.29, 0.717) is 6.04 Å². The van der Waals surface area contributed by atoms with Crippen molar-refractivity contribution in [3.8, 4) is 5.75 Å². The van der Waals surface area contributed by atoms with Crippen LogP contribution >= 0.6 is 0 Å². The van der Waals surface area contributed by atoms with Crippen molar-refractivity contribution in [2.75, 3.05) is 19.7 Å². The molecule has 0 unspecified atom stereocenters. The summed E-state index contributed by atoms with van der Waals surface area (Å²) in [5.74, 6) is 0.938. The van der Waals surface area contributed by atoms with Crippen molar-refractivity contribution in [1.82, 2.24) is 14.5 Å². The summed E-state index contributed by atoms with van der Waals surface area (Å²) in [5.41, 5.74) is 7.26. The van der Waals surface area contributed by atoms with Crippen LogP contribution in [0.15, 0.2) is 43.0 Å². The number of nitrogens with zero attached hydrogens (tertiary/aromatic N) is 3. The van der Waals surface area contributed by atoms with Gasteiger partial charge >= 0.3 is 0 Å². The molecule has 5 nitrogen and oxygen atoms in total. The number of aryl methyl sites for hydroxylation is 1. The van der Waals surface area contributed by atoms with Crippen LogP contribution in [0.4, 0.5) is 0 Å². The second kappa shape index (κ2) is 7.42. The summed E-state index contributed by atoms with van der Waals surface area (Å²) < 4.78 is 7.84. The Kier molecular flexibility index (Phi) is 5.08. The minimum Gasteiger partial charge on any atom is -0.494 e. The molecule has 1 fully saturated rings. The van der Waals surface area contributed by atoms with Gasteiger partial charge in [0.1, 0.15) is 5.75 Å². The molecule has 0 saturated carbocycles. The summed E-state index contributed by atoms with van der Waals surface area (Å²) in [6.07, 6.45) is 7.69. The zero-order valence-corrected chi connectivity index (χ0v) is 12.9. The quantitative estimate of drug-likeness (QED) is 0.793. The molecule has 1 saturated heterocycles. The highest BCUT2D eigenvalue weighted by Gasteiger charge is 2.18. The third kappa shape index (κ3) is 4.32. The molecule has 1 aromatic carbocycles. The molecule has 5 heteroatoms. The summed E-state index contributed by atoms with van der Waals surface area (Å²) in [5, 5.41) is 0. The van der Waals surface area contributed by atoms with E-state index in [9.17, 15) is 0 Å². The van der Waals surface area contributed by atoms with E-state index >= 15 is 0 Å². The summed E-state index contributed by atoms with van der Waals surface area (Å²) in [7, 11) is 0. The molecule has 1 aliphatic heterocycles. The fourth-order valence-electron chi connectivity index (χ4n) is 2.81. The third-order valence-corrected chi connectivity index (χ3v) is 4.03. The van der Waals surface area contributed by atoms with Gasteiger partial charge in [-0.1, -0.05) is 12.1 Å². The Hall–Kier alpha value is -1.85. The highest BCUT2D eigenvalue weighted by Crippen LogP contribution is 2.16. The van der Waals surface area contributed by atoms with Crippen molar-refractivity contribution >= 4 is 0 Å². The summed E-state index contributed by atoms with van der Waals surface area (Å²) in [6, 6.07) is 8.76. The van der Waals surface area contributed by atoms with Crippen molar-refractivity contribution < 1.29 is 4.74 Å². The lowest BCUT2D eigenvalue weighted by Crippen LogP contribution is -2.26. The topological polar surface area (TPSA) is 56.3 Å². The maximum atomic E-state index is 5.94. The Balaban J connectivity index is 1.39. The van der Waals surface area contributed by atoms with Crippen LogP contribution in [0, 0.1) is 0 Å². The molecule has 0 bridgehead atoms. The molecule has 2 heterocycles. The number of aromatic nitrogens is 2. The molecule has 2 aromatic rings. The van der Waals surface area contributed by atoms with Crippen molar-refractivity contribution in [2.45, 2.75) is 32.0 Å². The molecule has 2 N–H and O–H groups in total. The van der Waals surface area contributed by atoms with Crippen molar-refractivity contribution in [2.24, 2.45) is 5.73 Å². The largest absolute Gasteiger partial charge is 0.494 e. The van der Waals surface area contributed by atoms with Gasteiger partial charge in [0.25, 0.3) is 0 Å². The Labute approximate surface area is 131 Å². The molecule has 22 heavy (non-hydrogen) atoms. The molecular formula is C17H24N4O. The van der Waals surface area contributed by atoms with Crippen LogP contribution in [-0.4, -0.2) is 40.2 Å². The van der Waals surface area contributed by atoms with E-state index < -0.39 is 0 Å². The fourth-order valence-corrected chi connectivity index (χ4v) is 2.81. The van der Waals surface area contributed by atoms with Crippen LogP contribution < -0.4 is 10.5 Å². The van der Waals surface area contributed by atoms with E-state index in [0.717, 1.165) is 51.4 Å². The Bertz CT molecular complexity index is 553. The number of benzene rings is 1. The van der Waals surface area contributed by atoms with E-state index in [-0.39, 0.29) is 0 Å². The number of hydrogen-bond acceptors (Lipinski definition) is 4. The SMILES string of the molecule is N[C@@H]1CCN(Cc2ccc(OCCCn3ccnc3)cc2)C1. The normalized spacial score (nSPS) is 18.7. The molecule has 0 spiro atoms. The summed E-state index contributed by atoms with van der Waals surface area (Å²) >= 11 is 0. The van der Waals surface area contributed by atoms with Crippen LogP contribution in [0.5, 0.6) is 5.75 Å². The van der Waals surface area contributed by atoms with E-state index in [2.05, 4.69) is 38.7 Å². The van der Waals surface area contributed by atoms with Gasteiger partial charge in [-0.25, -0.2) is 4.98 Å². The molecule has 0 radical (unpaired) electrons. The Morgan fingerprint density at radius 3 is 2.82 bits per heavy atom. The average molecular weight is 300 g/mol. The number of ether oxygens (including phenoxy) is 1. The number of nitrogens with two attached hydrogens (primary N) is 1. The highest BCUT2D eigenvalue weighted by atomic mass is 16.5. The second-order valence-electron chi connectivity index (χ2n) is 5.93. The first-order valence-electron chi connectivity index (χ1n) is 7.95. The molecule has 1 atom stereocenters. The first-order valence-corrected chi connectivity index (χ1v) is 7.95. The zero-order chi connectivity index (χ0) is 15.2. The molecule has 1 aromatic heterocycles. The summed E-state index contributed by atoms with van der Waals surface area (Å²) in [6.45, 7) is 4.75. The van der Waals surface area contributed by atoms with Gasteiger partial charge in [-0.3, -0.25) is 4.90 Å². The maximum Gasteiger partial charge on any atom is 0.119 e. The van der Waals surface area contributed by atoms with Crippen LogP contribution in [0.3, 0.4) is 0 Å². The molecule has 1 aliphatic rings. The molecule has 118 valence electrons. The smallest absolute Gasteiger partial charge is 0.119 e. The third-order valence-electron chi connectivity index (χ3n) is 4.03. The fraction of sp³-hybridized carbons (Fsp3) is 0.471. The standard InChI is InChI=1S/C17H24N4O/c18-16-6-9-21(13-16)12-15-2-4-17(5-3-15)22-11-1-8-20-10-7-19-14-20/h2-5,7,10,14,16H,1,6,8-9,11-13,18H2/t16-/m1/s1. The highest BCUT2D eigenvalue weighted by molar-refractivity contribution is 5.27. The number of hydrogen-bond donors (Lipinski definition) is 1. The van der Waals surface area contributed by atoms with Crippen LogP contribution in [-0.2, 0) is 13.1 Å². The average Bonchev–Trinajstić information content (AvgIpc) is 3.17. The predicted octanol–water partition coefficient (Wildman–Crippen LogP) is 1.89. The summed E-state index contributed by atoms with van der Waals surface area (Å²) in [4.78, 5) is 6.43. The van der Waals surface area contributed by atoms with Crippen molar-refractivity contribution in [3.05, 3.63) is 48.5 Å². The van der Waals surface area contributed by atoms with E-state index in [4.69, 9.17) is 10.5 Å². The lowest BCUT2D eigenvalue weighted by atomic mass is 10.2. The molecule has 0 aliphatic carbocycles. The zero-order valence-electron chi connectivity index (χ0n) is 12.9. The second-order valence-corrected chi connectivity index (χ2v) is 5.93. The van der Waals surface area contributed by atoms with Gasteiger partial charge in [0.15, 0.2) is 0 Å². The van der Waals surface area contributed by atoms with Crippen LogP contribution in [0.1, 0.15) is 18.4 Å². The van der Waals surface area contributed by atoms with E-state index in [1.54, 1.807) is 6.20 Å². The minimum absolute atomic E-state index is 0.345. The number of imidazole rings is 1. The first-order chi connectivity index (χ1) is 10.8. The van der Waals surface area contributed by atoms with Crippen molar-refractivity contribution in [1.29, 1.82) is 0 Å². The van der Waals surface area contributed by atoms with E-state index in [1.165, 1.54) is 5.56 Å². The number of rotatable bonds is 7. The van der Waals surface area contributed by atoms with Crippen LogP contribution in [0.25, 0.3) is 0 Å². The lowest BCUT2D eigenvalue weighted by molar-refractivity contribution is 0.301. The van der Waals surface area contributed by atoms with Crippen molar-refractivity contribution in [3.63, 3.8) is 0 Å². The maximum absolute atomic E-state index is 5.94. The van der Waals surface area contributed by atoms with Gasteiger partial charge in [0.2, 0.25) is 0 Å². The molecule has 0 amide bonds. The first kappa shape index (κ1) is 15.1. The minimum atomic E-state index is 0.345. The van der Waals surface area contributed by atoms with Gasteiger partial charge in [-0.05, 0) is 30.5 Å². The van der Waals surface area contributed by atoms with Gasteiger partial charge in [0, 0.05) is 44.6 Å². The Morgan fingerprint density at radius 1 is 1.27 bits per heavy atom. The van der Waals surface area contributed by atoms with Gasteiger partial charge in [0.05, 0.1) is 12.9 Å². The predicted molar refractivity (Wildman–Crippen MR) is 86.7 cm³/mol. The number of likely N-dealkylation sites (tertiary alicyclic amines) is 1. The van der Waals surface area contributed by atoms with Crippen LogP contribution in [0.2, 0.25) is 0 Å². The van der Waals surface area contributed by atoms with Gasteiger partial charge < -0.3 is 15.0 Å². The van der Waals surface area contributed by atoms with Gasteiger partial charge in [-0.2, -0.15) is 0 Å². The molecular weight excluding hydrogens is 276 g/mol. The molecule has 3 rings (SSSR count). The monoisotopic (exact) mass is 300 g/mol. The van der Waals surface area contributed by atoms with E-state index in [1.807, 2.05) is 12.5 Å². The van der Waals surface area contributed by atoms with Gasteiger partial charge in [-0.15, -0.1) is 0 Å². The Morgan fingerprint density at radius 2 is 2.14 bits per heavy atom. The lowest BCUT2D eigenvalue weighted by Gasteiger charge is -2.15.